The van der Waals surface area contributed by atoms with E-state index in [0.717, 1.165) is 0 Å². The van der Waals surface area contributed by atoms with Crippen LogP contribution in [-0.4, -0.2) is 26.0 Å². The standard InChI is InChI=1S/C17H14FN5O/c1-12(24)15-4-2-3-5-16(15)19-11-10-17-20-21-22-23(17)14-8-6-13(18)7-9-14/h2-11,19H,1H3/b11-10+. The number of nitrogens with one attached hydrogen (secondary N) is 1. The Labute approximate surface area is 137 Å². The first-order valence-corrected chi connectivity index (χ1v) is 7.22. The molecule has 7 heteroatoms. The van der Waals surface area contributed by atoms with Gasteiger partial charge in [0.15, 0.2) is 11.6 Å². The number of para-hydroxylation sites is 1. The van der Waals surface area contributed by atoms with E-state index >= 15 is 0 Å². The molecule has 0 amide bonds. The normalized spacial score (nSPS) is 10.9. The quantitative estimate of drug-likeness (QED) is 0.731. The minimum atomic E-state index is -0.327. The first kappa shape index (κ1) is 15.5. The van der Waals surface area contributed by atoms with E-state index in [1.54, 1.807) is 36.5 Å². The summed E-state index contributed by atoms with van der Waals surface area (Å²) in [4.78, 5) is 11.6. The van der Waals surface area contributed by atoms with Crippen molar-refractivity contribution in [1.82, 2.24) is 20.2 Å². The van der Waals surface area contributed by atoms with Crippen LogP contribution in [0.1, 0.15) is 23.1 Å². The van der Waals surface area contributed by atoms with Crippen LogP contribution >= 0.6 is 0 Å². The summed E-state index contributed by atoms with van der Waals surface area (Å²) in [6.45, 7) is 1.51. The SMILES string of the molecule is CC(=O)c1ccccc1N/C=C/c1nnnn1-c1ccc(F)cc1. The van der Waals surface area contributed by atoms with Crippen molar-refractivity contribution in [3.63, 3.8) is 0 Å². The van der Waals surface area contributed by atoms with Crippen LogP contribution in [0.5, 0.6) is 0 Å². The number of halogens is 1. The lowest BCUT2D eigenvalue weighted by molar-refractivity contribution is 0.101. The Morgan fingerprint density at radius 3 is 2.67 bits per heavy atom. The van der Waals surface area contributed by atoms with Crippen LogP contribution in [0.25, 0.3) is 11.8 Å². The Morgan fingerprint density at radius 1 is 1.17 bits per heavy atom. The maximum absolute atomic E-state index is 13.0. The molecule has 1 heterocycles. The van der Waals surface area contributed by atoms with Gasteiger partial charge < -0.3 is 5.32 Å². The lowest BCUT2D eigenvalue weighted by Crippen LogP contribution is -2.01. The Bertz CT molecular complexity index is 886. The molecular weight excluding hydrogens is 309 g/mol. The van der Waals surface area contributed by atoms with E-state index in [2.05, 4.69) is 20.8 Å². The van der Waals surface area contributed by atoms with E-state index in [1.807, 2.05) is 12.1 Å². The van der Waals surface area contributed by atoms with Crippen LogP contribution in [0.3, 0.4) is 0 Å². The van der Waals surface area contributed by atoms with Gasteiger partial charge in [0.2, 0.25) is 0 Å². The summed E-state index contributed by atoms with van der Waals surface area (Å²) in [5.41, 5.74) is 1.94. The average Bonchev–Trinajstić information content (AvgIpc) is 3.04. The highest BCUT2D eigenvalue weighted by Crippen LogP contribution is 2.16. The Hall–Kier alpha value is -3.35. The zero-order valence-corrected chi connectivity index (χ0v) is 12.8. The third kappa shape index (κ3) is 3.35. The number of anilines is 1. The average molecular weight is 323 g/mol. The monoisotopic (exact) mass is 323 g/mol. The number of carbonyl (C=O) groups excluding carboxylic acids is 1. The highest BCUT2D eigenvalue weighted by molar-refractivity contribution is 5.99. The molecule has 0 saturated heterocycles. The molecule has 0 aliphatic rings. The summed E-state index contributed by atoms with van der Waals surface area (Å²) in [7, 11) is 0. The lowest BCUT2D eigenvalue weighted by atomic mass is 10.1. The second-order valence-corrected chi connectivity index (χ2v) is 5.00. The molecule has 1 aromatic heterocycles. The summed E-state index contributed by atoms with van der Waals surface area (Å²) in [6.07, 6.45) is 3.31. The van der Waals surface area contributed by atoms with Crippen molar-refractivity contribution in [3.05, 3.63) is 71.9 Å². The second-order valence-electron chi connectivity index (χ2n) is 5.00. The van der Waals surface area contributed by atoms with E-state index in [-0.39, 0.29) is 11.6 Å². The third-order valence-corrected chi connectivity index (χ3v) is 3.34. The molecule has 0 atom stereocenters. The predicted molar refractivity (Wildman–Crippen MR) is 88.2 cm³/mol. The highest BCUT2D eigenvalue weighted by Gasteiger charge is 2.06. The van der Waals surface area contributed by atoms with Gasteiger partial charge in [0, 0.05) is 23.5 Å². The molecule has 0 saturated carbocycles. The molecule has 0 spiro atoms. The molecule has 24 heavy (non-hydrogen) atoms. The molecule has 3 aromatic rings. The van der Waals surface area contributed by atoms with Crippen molar-refractivity contribution in [1.29, 1.82) is 0 Å². The molecule has 3 rings (SSSR count). The van der Waals surface area contributed by atoms with Gasteiger partial charge in [-0.15, -0.1) is 5.10 Å². The minimum Gasteiger partial charge on any atom is -0.361 e. The smallest absolute Gasteiger partial charge is 0.181 e. The van der Waals surface area contributed by atoms with Crippen molar-refractivity contribution in [2.45, 2.75) is 6.92 Å². The maximum Gasteiger partial charge on any atom is 0.181 e. The number of nitrogens with zero attached hydrogens (tertiary/aromatic N) is 4. The first-order chi connectivity index (χ1) is 11.6. The van der Waals surface area contributed by atoms with Crippen molar-refractivity contribution in [3.8, 4) is 5.69 Å². The van der Waals surface area contributed by atoms with E-state index in [1.165, 1.54) is 23.7 Å². The number of aromatic nitrogens is 4. The van der Waals surface area contributed by atoms with Gasteiger partial charge in [-0.3, -0.25) is 4.79 Å². The van der Waals surface area contributed by atoms with E-state index in [0.29, 0.717) is 22.8 Å². The van der Waals surface area contributed by atoms with E-state index in [4.69, 9.17) is 0 Å². The number of tetrazole rings is 1. The van der Waals surface area contributed by atoms with Crippen LogP contribution < -0.4 is 5.32 Å². The summed E-state index contributed by atoms with van der Waals surface area (Å²) in [6, 6.07) is 13.1. The van der Waals surface area contributed by atoms with Crippen LogP contribution in [0.2, 0.25) is 0 Å². The number of rotatable bonds is 5. The van der Waals surface area contributed by atoms with Crippen LogP contribution in [0.15, 0.2) is 54.7 Å². The van der Waals surface area contributed by atoms with Crippen LogP contribution in [0, 0.1) is 5.82 Å². The topological polar surface area (TPSA) is 72.7 Å². The van der Waals surface area contributed by atoms with Gasteiger partial charge >= 0.3 is 0 Å². The van der Waals surface area contributed by atoms with Gasteiger partial charge in [0.25, 0.3) is 0 Å². The first-order valence-electron chi connectivity index (χ1n) is 7.22. The number of hydrogen-bond donors (Lipinski definition) is 1. The molecular formula is C17H14FN5O. The molecule has 0 unspecified atom stereocenters. The molecule has 0 bridgehead atoms. The van der Waals surface area contributed by atoms with Gasteiger partial charge in [-0.2, -0.15) is 4.68 Å². The zero-order valence-electron chi connectivity index (χ0n) is 12.8. The fourth-order valence-electron chi connectivity index (χ4n) is 2.19. The third-order valence-electron chi connectivity index (χ3n) is 3.34. The van der Waals surface area contributed by atoms with Gasteiger partial charge in [0.1, 0.15) is 5.82 Å². The largest absolute Gasteiger partial charge is 0.361 e. The molecule has 2 aromatic carbocycles. The molecule has 6 nitrogen and oxygen atoms in total. The van der Waals surface area contributed by atoms with Crippen molar-refractivity contribution >= 4 is 17.5 Å². The zero-order chi connectivity index (χ0) is 16.9. The molecule has 0 aliphatic heterocycles. The predicted octanol–water partition coefficient (Wildman–Crippen LogP) is 3.09. The molecule has 1 N–H and O–H groups in total. The Morgan fingerprint density at radius 2 is 1.92 bits per heavy atom. The molecule has 0 aliphatic carbocycles. The highest BCUT2D eigenvalue weighted by atomic mass is 19.1. The molecule has 0 radical (unpaired) electrons. The Kier molecular flexibility index (Phi) is 4.42. The summed E-state index contributed by atoms with van der Waals surface area (Å²) >= 11 is 0. The number of carbonyl (C=O) groups is 1. The van der Waals surface area contributed by atoms with Gasteiger partial charge in [-0.25, -0.2) is 4.39 Å². The fraction of sp³-hybridized carbons (Fsp3) is 0.0588. The summed E-state index contributed by atoms with van der Waals surface area (Å²) in [5, 5.41) is 14.5. The minimum absolute atomic E-state index is 0.0253. The van der Waals surface area contributed by atoms with Crippen molar-refractivity contribution in [2.24, 2.45) is 0 Å². The van der Waals surface area contributed by atoms with Gasteiger partial charge in [-0.1, -0.05) is 12.1 Å². The lowest BCUT2D eigenvalue weighted by Gasteiger charge is -2.06. The van der Waals surface area contributed by atoms with Crippen molar-refractivity contribution < 1.29 is 9.18 Å². The molecule has 120 valence electrons. The van der Waals surface area contributed by atoms with Crippen molar-refractivity contribution in [2.75, 3.05) is 5.32 Å². The molecule has 0 fully saturated rings. The summed E-state index contributed by atoms with van der Waals surface area (Å²) < 4.78 is 14.5. The van der Waals surface area contributed by atoms with E-state index in [9.17, 15) is 9.18 Å². The van der Waals surface area contributed by atoms with Crippen LogP contribution in [-0.2, 0) is 0 Å². The fourth-order valence-corrected chi connectivity index (χ4v) is 2.19. The van der Waals surface area contributed by atoms with E-state index < -0.39 is 0 Å². The number of Topliss-reactive ketones (excluding diaryl/α,β-unsaturated/α-hetero) is 1. The maximum atomic E-state index is 13.0. The van der Waals surface area contributed by atoms with Gasteiger partial charge in [-0.05, 0) is 53.7 Å². The summed E-state index contributed by atoms with van der Waals surface area (Å²) in [5.74, 6) is 0.114. The number of benzene rings is 2. The second kappa shape index (κ2) is 6.82. The number of hydrogen-bond acceptors (Lipinski definition) is 5. The number of ketones is 1. The Balaban J connectivity index is 1.81. The van der Waals surface area contributed by atoms with Crippen LogP contribution in [0.4, 0.5) is 10.1 Å². The van der Waals surface area contributed by atoms with Gasteiger partial charge in [0.05, 0.1) is 5.69 Å².